The Morgan fingerprint density at radius 1 is 1.35 bits per heavy atom. The molecular weight excluding hydrogens is 318 g/mol. The van der Waals surface area contributed by atoms with E-state index in [9.17, 15) is 18.0 Å². The molecule has 0 aromatic heterocycles. The highest BCUT2D eigenvalue weighted by atomic mass is 32.2. The highest BCUT2D eigenvalue weighted by Crippen LogP contribution is 2.12. The molecule has 2 atom stereocenters. The Morgan fingerprint density at radius 2 is 2.04 bits per heavy atom. The van der Waals surface area contributed by atoms with E-state index in [0.29, 0.717) is 6.42 Å². The first-order valence-corrected chi connectivity index (χ1v) is 9.34. The third-order valence-electron chi connectivity index (χ3n) is 3.85. The second kappa shape index (κ2) is 7.12. The second-order valence-electron chi connectivity index (χ2n) is 5.84. The van der Waals surface area contributed by atoms with E-state index in [4.69, 9.17) is 4.74 Å². The number of nitrogens with one attached hydrogen (secondary N) is 1. The Bertz CT molecular complexity index is 698. The molecule has 2 rings (SSSR count). The minimum absolute atomic E-state index is 0.0530. The van der Waals surface area contributed by atoms with Crippen LogP contribution in [-0.2, 0) is 30.6 Å². The third-order valence-corrected chi connectivity index (χ3v) is 5.62. The minimum atomic E-state index is -3.06. The fourth-order valence-electron chi connectivity index (χ4n) is 2.48. The van der Waals surface area contributed by atoms with E-state index in [-0.39, 0.29) is 17.9 Å². The van der Waals surface area contributed by atoms with Crippen molar-refractivity contribution in [3.05, 3.63) is 35.4 Å². The van der Waals surface area contributed by atoms with Crippen molar-refractivity contribution in [2.45, 2.75) is 38.8 Å². The molecule has 0 aliphatic carbocycles. The van der Waals surface area contributed by atoms with E-state index in [2.05, 4.69) is 5.32 Å². The first-order valence-electron chi connectivity index (χ1n) is 7.51. The van der Waals surface area contributed by atoms with Crippen LogP contribution in [0.2, 0.25) is 0 Å². The summed E-state index contributed by atoms with van der Waals surface area (Å²) >= 11 is 0. The van der Waals surface area contributed by atoms with Gasteiger partial charge in [-0.1, -0.05) is 24.3 Å². The summed E-state index contributed by atoms with van der Waals surface area (Å²) in [5.74, 6) is -0.923. The molecule has 0 radical (unpaired) electrons. The molecule has 1 N–H and O–H groups in total. The van der Waals surface area contributed by atoms with Crippen molar-refractivity contribution < 1.29 is 22.7 Å². The lowest BCUT2D eigenvalue weighted by Gasteiger charge is -2.16. The van der Waals surface area contributed by atoms with Gasteiger partial charge in [-0.15, -0.1) is 0 Å². The molecular formula is C16H21NO5S. The molecule has 1 aliphatic heterocycles. The quantitative estimate of drug-likeness (QED) is 0.801. The van der Waals surface area contributed by atoms with Crippen molar-refractivity contribution in [3.63, 3.8) is 0 Å². The van der Waals surface area contributed by atoms with Gasteiger partial charge in [-0.2, -0.15) is 0 Å². The van der Waals surface area contributed by atoms with E-state index < -0.39 is 33.9 Å². The molecule has 1 fully saturated rings. The average Bonchev–Trinajstić information content (AvgIpc) is 2.80. The second-order valence-corrected chi connectivity index (χ2v) is 8.07. The normalized spacial score (nSPS) is 20.7. The number of ether oxygens (including phenoxy) is 1. The van der Waals surface area contributed by atoms with E-state index in [1.165, 1.54) is 6.92 Å². The van der Waals surface area contributed by atoms with E-state index in [0.717, 1.165) is 11.1 Å². The van der Waals surface area contributed by atoms with Gasteiger partial charge < -0.3 is 10.1 Å². The number of benzene rings is 1. The number of aryl methyl sites for hydroxylation is 1. The number of rotatable bonds is 5. The van der Waals surface area contributed by atoms with Crippen molar-refractivity contribution in [2.75, 3.05) is 11.5 Å². The SMILES string of the molecule is Cc1ccccc1CC(=O)O[C@@H](C)C(=O)N[C@H]1CCS(=O)(=O)C1. The van der Waals surface area contributed by atoms with Crippen LogP contribution in [0.4, 0.5) is 0 Å². The van der Waals surface area contributed by atoms with Crippen molar-refractivity contribution >= 4 is 21.7 Å². The molecule has 0 bridgehead atoms. The van der Waals surface area contributed by atoms with Gasteiger partial charge in [0.05, 0.1) is 17.9 Å². The van der Waals surface area contributed by atoms with Gasteiger partial charge in [-0.05, 0) is 31.4 Å². The Labute approximate surface area is 136 Å². The zero-order valence-electron chi connectivity index (χ0n) is 13.2. The molecule has 1 amide bonds. The van der Waals surface area contributed by atoms with Crippen molar-refractivity contribution in [1.29, 1.82) is 0 Å². The fraction of sp³-hybridized carbons (Fsp3) is 0.500. The van der Waals surface area contributed by atoms with E-state index >= 15 is 0 Å². The number of esters is 1. The number of hydrogen-bond acceptors (Lipinski definition) is 5. The largest absolute Gasteiger partial charge is 0.452 e. The van der Waals surface area contributed by atoms with Crippen LogP contribution in [0.1, 0.15) is 24.5 Å². The maximum Gasteiger partial charge on any atom is 0.311 e. The first kappa shape index (κ1) is 17.5. The number of hydrogen-bond donors (Lipinski definition) is 1. The maximum atomic E-state index is 12.0. The van der Waals surface area contributed by atoms with Crippen molar-refractivity contribution in [3.8, 4) is 0 Å². The standard InChI is InChI=1S/C16H21NO5S/c1-11-5-3-4-6-13(11)9-15(18)22-12(2)16(19)17-14-7-8-23(20,21)10-14/h3-6,12,14H,7-10H2,1-2H3,(H,17,19)/t12-,14-/m0/s1. The molecule has 23 heavy (non-hydrogen) atoms. The average molecular weight is 339 g/mol. The highest BCUT2D eigenvalue weighted by Gasteiger charge is 2.30. The van der Waals surface area contributed by atoms with Gasteiger partial charge in [0.25, 0.3) is 5.91 Å². The maximum absolute atomic E-state index is 12.0. The molecule has 1 aliphatic rings. The number of sulfone groups is 1. The van der Waals surface area contributed by atoms with Crippen LogP contribution in [0.25, 0.3) is 0 Å². The summed E-state index contributed by atoms with van der Waals surface area (Å²) in [5, 5.41) is 2.62. The fourth-order valence-corrected chi connectivity index (χ4v) is 4.16. The van der Waals surface area contributed by atoms with E-state index in [1.54, 1.807) is 0 Å². The lowest BCUT2D eigenvalue weighted by atomic mass is 10.1. The molecule has 0 saturated carbocycles. The molecule has 1 aromatic rings. The predicted molar refractivity (Wildman–Crippen MR) is 85.6 cm³/mol. The molecule has 0 spiro atoms. The van der Waals surface area contributed by atoms with Gasteiger partial charge in [0, 0.05) is 6.04 Å². The summed E-state index contributed by atoms with van der Waals surface area (Å²) in [6, 6.07) is 7.07. The van der Waals surface area contributed by atoms with Gasteiger partial charge >= 0.3 is 5.97 Å². The summed E-state index contributed by atoms with van der Waals surface area (Å²) in [4.78, 5) is 23.9. The zero-order chi connectivity index (χ0) is 17.0. The number of carbonyl (C=O) groups is 2. The van der Waals surface area contributed by atoms with Crippen LogP contribution in [0.3, 0.4) is 0 Å². The molecule has 1 aromatic carbocycles. The van der Waals surface area contributed by atoms with Crippen molar-refractivity contribution in [2.24, 2.45) is 0 Å². The lowest BCUT2D eigenvalue weighted by Crippen LogP contribution is -2.42. The Balaban J connectivity index is 1.84. The number of amides is 1. The molecule has 6 nitrogen and oxygen atoms in total. The van der Waals surface area contributed by atoms with Gasteiger partial charge in [-0.25, -0.2) is 8.42 Å². The van der Waals surface area contributed by atoms with Crippen LogP contribution >= 0.6 is 0 Å². The third kappa shape index (κ3) is 5.06. The lowest BCUT2D eigenvalue weighted by molar-refractivity contribution is -0.154. The Hall–Kier alpha value is -1.89. The van der Waals surface area contributed by atoms with Crippen LogP contribution in [0, 0.1) is 6.92 Å². The molecule has 126 valence electrons. The zero-order valence-corrected chi connectivity index (χ0v) is 14.1. The summed E-state index contributed by atoms with van der Waals surface area (Å²) in [5.41, 5.74) is 1.84. The highest BCUT2D eigenvalue weighted by molar-refractivity contribution is 7.91. The van der Waals surface area contributed by atoms with E-state index in [1.807, 2.05) is 31.2 Å². The molecule has 7 heteroatoms. The number of carbonyl (C=O) groups excluding carboxylic acids is 2. The minimum Gasteiger partial charge on any atom is -0.452 e. The molecule has 1 saturated heterocycles. The summed E-state index contributed by atoms with van der Waals surface area (Å²) in [6.07, 6.45) is -0.449. The van der Waals surface area contributed by atoms with Gasteiger partial charge in [-0.3, -0.25) is 9.59 Å². The van der Waals surface area contributed by atoms with Gasteiger partial charge in [0.2, 0.25) is 0 Å². The monoisotopic (exact) mass is 339 g/mol. The smallest absolute Gasteiger partial charge is 0.311 e. The molecule has 0 unspecified atom stereocenters. The summed E-state index contributed by atoms with van der Waals surface area (Å²) in [6.45, 7) is 3.38. The predicted octanol–water partition coefficient (Wildman–Crippen LogP) is 0.773. The van der Waals surface area contributed by atoms with Crippen LogP contribution < -0.4 is 5.32 Å². The van der Waals surface area contributed by atoms with Gasteiger partial charge in [0.15, 0.2) is 15.9 Å². The Kier molecular flexibility index (Phi) is 5.41. The topological polar surface area (TPSA) is 89.5 Å². The van der Waals surface area contributed by atoms with Crippen LogP contribution in [0.15, 0.2) is 24.3 Å². The van der Waals surface area contributed by atoms with Gasteiger partial charge in [0.1, 0.15) is 0 Å². The summed E-state index contributed by atoms with van der Waals surface area (Å²) < 4.78 is 27.9. The summed E-state index contributed by atoms with van der Waals surface area (Å²) in [7, 11) is -3.06. The first-order chi connectivity index (χ1) is 10.8. The molecule has 1 heterocycles. The Morgan fingerprint density at radius 3 is 2.65 bits per heavy atom. The van der Waals surface area contributed by atoms with Crippen LogP contribution in [-0.4, -0.2) is 43.9 Å². The van der Waals surface area contributed by atoms with Crippen LogP contribution in [0.5, 0.6) is 0 Å². The van der Waals surface area contributed by atoms with Crippen molar-refractivity contribution in [1.82, 2.24) is 5.32 Å².